The summed E-state index contributed by atoms with van der Waals surface area (Å²) in [5.41, 5.74) is -0.0278. The molecule has 1 heterocycles. The van der Waals surface area contributed by atoms with E-state index in [1.54, 1.807) is 24.3 Å². The van der Waals surface area contributed by atoms with Crippen LogP contribution in [0.3, 0.4) is 0 Å². The number of rotatable bonds is 2. The molecule has 0 saturated heterocycles. The van der Waals surface area contributed by atoms with Crippen LogP contribution in [0.25, 0.3) is 0 Å². The molecule has 0 atom stereocenters. The Kier molecular flexibility index (Phi) is 4.08. The number of nitrogens with zero attached hydrogens (tertiary/aromatic N) is 1. The summed E-state index contributed by atoms with van der Waals surface area (Å²) < 4.78 is 14.7. The van der Waals surface area contributed by atoms with Crippen molar-refractivity contribution in [2.24, 2.45) is 0 Å². The molecule has 3 nitrogen and oxygen atoms in total. The van der Waals surface area contributed by atoms with Crippen molar-refractivity contribution in [1.82, 2.24) is 4.98 Å². The van der Waals surface area contributed by atoms with E-state index >= 15 is 0 Å². The summed E-state index contributed by atoms with van der Waals surface area (Å²) in [5.74, 6) is -0.765. The summed E-state index contributed by atoms with van der Waals surface area (Å²) in [5, 5.41) is 2.52. The van der Waals surface area contributed by atoms with Crippen LogP contribution < -0.4 is 5.32 Å². The zero-order chi connectivity index (χ0) is 13.1. The lowest BCUT2D eigenvalue weighted by atomic mass is 10.2. The van der Waals surface area contributed by atoms with Gasteiger partial charge in [0, 0.05) is 4.47 Å². The van der Waals surface area contributed by atoms with E-state index in [0.717, 1.165) is 0 Å². The van der Waals surface area contributed by atoms with E-state index in [9.17, 15) is 9.18 Å². The van der Waals surface area contributed by atoms with Crippen molar-refractivity contribution in [2.75, 3.05) is 5.32 Å². The van der Waals surface area contributed by atoms with E-state index in [4.69, 9.17) is 0 Å². The van der Waals surface area contributed by atoms with Gasteiger partial charge in [0.1, 0.15) is 16.2 Å². The number of benzene rings is 1. The van der Waals surface area contributed by atoms with Crippen molar-refractivity contribution < 1.29 is 9.18 Å². The molecule has 0 aliphatic carbocycles. The van der Waals surface area contributed by atoms with Gasteiger partial charge in [0.25, 0.3) is 5.91 Å². The van der Waals surface area contributed by atoms with Gasteiger partial charge in [-0.2, -0.15) is 0 Å². The lowest BCUT2D eigenvalue weighted by Gasteiger charge is -2.05. The first-order chi connectivity index (χ1) is 8.56. The standard InChI is InChI=1S/C12H7Br2FN2O/c13-7-4-5-8(9(15)6-7)12(18)17-11-3-1-2-10(14)16-11/h1-6H,(H,16,17,18). The number of pyridine rings is 1. The molecule has 0 spiro atoms. The van der Waals surface area contributed by atoms with Gasteiger partial charge in [0.2, 0.25) is 0 Å². The molecule has 0 aliphatic rings. The minimum absolute atomic E-state index is 0.0278. The fraction of sp³-hybridized carbons (Fsp3) is 0. The van der Waals surface area contributed by atoms with Crippen molar-refractivity contribution in [2.45, 2.75) is 0 Å². The number of halogens is 3. The lowest BCUT2D eigenvalue weighted by Crippen LogP contribution is -2.14. The number of nitrogens with one attached hydrogen (secondary N) is 1. The smallest absolute Gasteiger partial charge is 0.259 e. The van der Waals surface area contributed by atoms with Gasteiger partial charge >= 0.3 is 0 Å². The van der Waals surface area contributed by atoms with Crippen molar-refractivity contribution in [3.63, 3.8) is 0 Å². The first-order valence-corrected chi connectivity index (χ1v) is 6.54. The van der Waals surface area contributed by atoms with Crippen LogP contribution in [-0.4, -0.2) is 10.9 Å². The molecule has 1 N–H and O–H groups in total. The van der Waals surface area contributed by atoms with Crippen LogP contribution in [0, 0.1) is 5.82 Å². The molecule has 1 aromatic heterocycles. The summed E-state index contributed by atoms with van der Waals surface area (Å²) in [6.07, 6.45) is 0. The normalized spacial score (nSPS) is 10.2. The highest BCUT2D eigenvalue weighted by Gasteiger charge is 2.12. The molecular formula is C12H7Br2FN2O. The van der Waals surface area contributed by atoms with Crippen LogP contribution in [0.2, 0.25) is 0 Å². The molecule has 2 aromatic rings. The molecule has 0 fully saturated rings. The highest BCUT2D eigenvalue weighted by molar-refractivity contribution is 9.10. The van der Waals surface area contributed by atoms with Crippen LogP contribution in [0.4, 0.5) is 10.2 Å². The topological polar surface area (TPSA) is 42.0 Å². The van der Waals surface area contributed by atoms with Gasteiger partial charge in [-0.05, 0) is 46.3 Å². The number of carbonyl (C=O) groups excluding carboxylic acids is 1. The Bertz CT molecular complexity index is 604. The second kappa shape index (κ2) is 5.58. The summed E-state index contributed by atoms with van der Waals surface area (Å²) >= 11 is 6.32. The van der Waals surface area contributed by atoms with Crippen LogP contribution >= 0.6 is 31.9 Å². The van der Waals surface area contributed by atoms with Crippen LogP contribution in [0.1, 0.15) is 10.4 Å². The molecule has 92 valence electrons. The van der Waals surface area contributed by atoms with Gasteiger partial charge in [-0.25, -0.2) is 9.37 Å². The highest BCUT2D eigenvalue weighted by Crippen LogP contribution is 2.17. The molecular weight excluding hydrogens is 367 g/mol. The summed E-state index contributed by atoms with van der Waals surface area (Å²) in [6, 6.07) is 9.34. The van der Waals surface area contributed by atoms with Crippen LogP contribution in [0.5, 0.6) is 0 Å². The Morgan fingerprint density at radius 1 is 1.22 bits per heavy atom. The van der Waals surface area contributed by atoms with E-state index in [1.807, 2.05) is 0 Å². The molecule has 0 unspecified atom stereocenters. The molecule has 1 amide bonds. The average molecular weight is 374 g/mol. The molecule has 0 saturated carbocycles. The molecule has 0 bridgehead atoms. The van der Waals surface area contributed by atoms with Gasteiger partial charge in [0.15, 0.2) is 0 Å². The minimum Gasteiger partial charge on any atom is -0.306 e. The third kappa shape index (κ3) is 3.14. The van der Waals surface area contributed by atoms with E-state index in [1.165, 1.54) is 12.1 Å². The van der Waals surface area contributed by atoms with Gasteiger partial charge in [-0.15, -0.1) is 0 Å². The Hall–Kier alpha value is -1.27. The first kappa shape index (κ1) is 13.2. The number of hydrogen-bond acceptors (Lipinski definition) is 2. The van der Waals surface area contributed by atoms with Crippen molar-refractivity contribution in [3.8, 4) is 0 Å². The van der Waals surface area contributed by atoms with Crippen LogP contribution in [-0.2, 0) is 0 Å². The van der Waals surface area contributed by atoms with E-state index in [0.29, 0.717) is 14.9 Å². The summed E-state index contributed by atoms with van der Waals surface area (Å²) in [7, 11) is 0. The molecule has 6 heteroatoms. The predicted octanol–water partition coefficient (Wildman–Crippen LogP) is 4.00. The molecule has 18 heavy (non-hydrogen) atoms. The van der Waals surface area contributed by atoms with Crippen molar-refractivity contribution >= 4 is 43.6 Å². The number of hydrogen-bond donors (Lipinski definition) is 1. The molecule has 1 aromatic carbocycles. The SMILES string of the molecule is O=C(Nc1cccc(Br)n1)c1ccc(Br)cc1F. The fourth-order valence-corrected chi connectivity index (χ4v) is 2.01. The zero-order valence-corrected chi connectivity index (χ0v) is 12.1. The maximum absolute atomic E-state index is 13.6. The predicted molar refractivity (Wildman–Crippen MR) is 74.0 cm³/mol. The van der Waals surface area contributed by atoms with Crippen molar-refractivity contribution in [3.05, 3.63) is 56.9 Å². The maximum atomic E-state index is 13.6. The zero-order valence-electron chi connectivity index (χ0n) is 8.95. The number of aromatic nitrogens is 1. The molecule has 0 radical (unpaired) electrons. The third-order valence-electron chi connectivity index (χ3n) is 2.13. The van der Waals surface area contributed by atoms with Gasteiger partial charge in [0.05, 0.1) is 5.56 Å². The Labute approximate surface area is 120 Å². The van der Waals surface area contributed by atoms with Crippen LogP contribution in [0.15, 0.2) is 45.5 Å². The quantitative estimate of drug-likeness (QED) is 0.808. The number of carbonyl (C=O) groups is 1. The largest absolute Gasteiger partial charge is 0.306 e. The molecule has 0 aliphatic heterocycles. The second-order valence-corrected chi connectivity index (χ2v) is 5.15. The van der Waals surface area contributed by atoms with Gasteiger partial charge in [-0.1, -0.05) is 22.0 Å². The average Bonchev–Trinajstić information content (AvgIpc) is 2.28. The summed E-state index contributed by atoms with van der Waals surface area (Å²) in [6.45, 7) is 0. The van der Waals surface area contributed by atoms with E-state index in [-0.39, 0.29) is 5.56 Å². The number of amides is 1. The van der Waals surface area contributed by atoms with E-state index in [2.05, 4.69) is 42.2 Å². The van der Waals surface area contributed by atoms with E-state index < -0.39 is 11.7 Å². The highest BCUT2D eigenvalue weighted by atomic mass is 79.9. The first-order valence-electron chi connectivity index (χ1n) is 4.95. The monoisotopic (exact) mass is 372 g/mol. The Balaban J connectivity index is 2.22. The number of anilines is 1. The molecule has 2 rings (SSSR count). The minimum atomic E-state index is -0.586. The fourth-order valence-electron chi connectivity index (χ4n) is 1.34. The Morgan fingerprint density at radius 3 is 2.67 bits per heavy atom. The third-order valence-corrected chi connectivity index (χ3v) is 3.07. The second-order valence-electron chi connectivity index (χ2n) is 3.42. The summed E-state index contributed by atoms with van der Waals surface area (Å²) in [4.78, 5) is 15.9. The maximum Gasteiger partial charge on any atom is 0.259 e. The van der Waals surface area contributed by atoms with Crippen molar-refractivity contribution in [1.29, 1.82) is 0 Å². The van der Waals surface area contributed by atoms with Gasteiger partial charge < -0.3 is 5.32 Å². The lowest BCUT2D eigenvalue weighted by molar-refractivity contribution is 0.102. The Morgan fingerprint density at radius 2 is 2.00 bits per heavy atom. The van der Waals surface area contributed by atoms with Gasteiger partial charge in [-0.3, -0.25) is 4.79 Å².